The van der Waals surface area contributed by atoms with Gasteiger partial charge in [-0.1, -0.05) is 75.4 Å². The zero-order valence-electron chi connectivity index (χ0n) is 28.5. The van der Waals surface area contributed by atoms with Gasteiger partial charge in [-0.3, -0.25) is 14.3 Å². The summed E-state index contributed by atoms with van der Waals surface area (Å²) in [4.78, 5) is 27.7. The van der Waals surface area contributed by atoms with Crippen LogP contribution in [0.4, 0.5) is 0 Å². The van der Waals surface area contributed by atoms with Crippen LogP contribution in [0.15, 0.2) is 94.6 Å². The lowest BCUT2D eigenvalue weighted by atomic mass is 9.79. The second-order valence-corrected chi connectivity index (χ2v) is 18.4. The minimum atomic E-state index is -2.18. The van der Waals surface area contributed by atoms with E-state index in [4.69, 9.17) is 23.4 Å². The molecule has 0 spiro atoms. The predicted molar refractivity (Wildman–Crippen MR) is 185 cm³/mol. The first-order valence-corrected chi connectivity index (χ1v) is 18.8. The SMILES string of the molecule is COc1ccc(C(O[C@H]2C[C@H](n3cc(C)c(=O)[nH]c3=O)O[C@@H]2CO[Si](C)(C)C(C)(C)C)(c2ccccc2)c2ccc(OC)cc2)cc1. The second-order valence-electron chi connectivity index (χ2n) is 13.6. The third-order valence-corrected chi connectivity index (χ3v) is 14.1. The summed E-state index contributed by atoms with van der Waals surface area (Å²) in [6.45, 7) is 12.9. The monoisotopic (exact) mass is 658 g/mol. The lowest BCUT2D eigenvalue weighted by Crippen LogP contribution is -2.46. The third-order valence-electron chi connectivity index (χ3n) is 9.55. The molecule has 0 saturated carbocycles. The molecule has 2 heterocycles. The number of benzene rings is 3. The maximum atomic E-state index is 13.1. The zero-order chi connectivity index (χ0) is 34.0. The summed E-state index contributed by atoms with van der Waals surface area (Å²) in [5.41, 5.74) is 1.07. The van der Waals surface area contributed by atoms with E-state index in [0.717, 1.165) is 28.2 Å². The van der Waals surface area contributed by atoms with Crippen LogP contribution in [0.5, 0.6) is 11.5 Å². The van der Waals surface area contributed by atoms with Crippen molar-refractivity contribution in [2.24, 2.45) is 0 Å². The molecule has 3 aromatic carbocycles. The quantitative estimate of drug-likeness (QED) is 0.144. The summed E-state index contributed by atoms with van der Waals surface area (Å²) in [7, 11) is 1.10. The maximum absolute atomic E-state index is 13.1. The van der Waals surface area contributed by atoms with E-state index in [-0.39, 0.29) is 11.6 Å². The van der Waals surface area contributed by atoms with Crippen molar-refractivity contribution in [2.75, 3.05) is 20.8 Å². The topological polar surface area (TPSA) is 101 Å². The number of hydrogen-bond donors (Lipinski definition) is 1. The van der Waals surface area contributed by atoms with Gasteiger partial charge < -0.3 is 23.4 Å². The van der Waals surface area contributed by atoms with E-state index in [0.29, 0.717) is 12.0 Å². The van der Waals surface area contributed by atoms with E-state index in [1.54, 1.807) is 27.3 Å². The van der Waals surface area contributed by atoms with Crippen molar-refractivity contribution in [3.63, 3.8) is 0 Å². The summed E-state index contributed by atoms with van der Waals surface area (Å²) >= 11 is 0. The average Bonchev–Trinajstić information content (AvgIpc) is 3.46. The Morgan fingerprint density at radius 2 is 1.38 bits per heavy atom. The van der Waals surface area contributed by atoms with Crippen molar-refractivity contribution in [1.29, 1.82) is 0 Å². The number of ether oxygens (including phenoxy) is 4. The van der Waals surface area contributed by atoms with E-state index >= 15 is 0 Å². The lowest BCUT2D eigenvalue weighted by Gasteiger charge is -2.40. The van der Waals surface area contributed by atoms with Gasteiger partial charge in [0.15, 0.2) is 8.32 Å². The highest BCUT2D eigenvalue weighted by molar-refractivity contribution is 6.74. The van der Waals surface area contributed by atoms with Crippen LogP contribution < -0.4 is 20.7 Å². The van der Waals surface area contributed by atoms with Crippen LogP contribution in [-0.2, 0) is 19.5 Å². The molecule has 0 unspecified atom stereocenters. The van der Waals surface area contributed by atoms with Gasteiger partial charge in [-0.05, 0) is 66.0 Å². The van der Waals surface area contributed by atoms with Gasteiger partial charge in [0.05, 0.1) is 26.9 Å². The van der Waals surface area contributed by atoms with E-state index in [2.05, 4.69) is 51.0 Å². The molecule has 1 aliphatic heterocycles. The molecular weight excluding hydrogens is 613 g/mol. The molecule has 4 aromatic rings. The number of hydrogen-bond acceptors (Lipinski definition) is 7. The van der Waals surface area contributed by atoms with Crippen molar-refractivity contribution in [3.8, 4) is 11.5 Å². The molecule has 5 rings (SSSR count). The Balaban J connectivity index is 1.66. The molecule has 0 amide bonds. The highest BCUT2D eigenvalue weighted by atomic mass is 28.4. The van der Waals surface area contributed by atoms with Crippen molar-refractivity contribution in [3.05, 3.63) is 128 Å². The molecule has 1 aliphatic rings. The zero-order valence-corrected chi connectivity index (χ0v) is 29.5. The molecule has 0 aliphatic carbocycles. The standard InChI is InChI=1S/C37H46N2O7Si/c1-25-23-39(35(41)38-34(25)40)33-22-31(32(45-33)24-44-47(7,8)36(2,3)4)46-37(26-12-10-9-11-13-26,27-14-18-29(42-5)19-15-27)28-16-20-30(43-6)21-17-28/h9-21,23,31-33H,22,24H2,1-8H3,(H,38,40,41)/t31-,32+,33+/m0/s1. The summed E-state index contributed by atoms with van der Waals surface area (Å²) in [5.74, 6) is 1.45. The van der Waals surface area contributed by atoms with Crippen LogP contribution >= 0.6 is 0 Å². The van der Waals surface area contributed by atoms with Gasteiger partial charge in [-0.2, -0.15) is 0 Å². The van der Waals surface area contributed by atoms with Gasteiger partial charge in [0.2, 0.25) is 0 Å². The molecule has 1 aromatic heterocycles. The molecule has 1 saturated heterocycles. The van der Waals surface area contributed by atoms with Gasteiger partial charge in [-0.25, -0.2) is 4.79 Å². The first kappa shape index (κ1) is 34.4. The van der Waals surface area contributed by atoms with Crippen LogP contribution in [-0.4, -0.2) is 50.9 Å². The van der Waals surface area contributed by atoms with Crippen LogP contribution in [0.1, 0.15) is 55.7 Å². The number of aryl methyl sites for hydroxylation is 1. The number of rotatable bonds is 11. The van der Waals surface area contributed by atoms with E-state index in [1.807, 2.05) is 66.7 Å². The molecule has 1 N–H and O–H groups in total. The molecule has 47 heavy (non-hydrogen) atoms. The van der Waals surface area contributed by atoms with E-state index in [1.165, 1.54) is 4.57 Å². The molecular formula is C37H46N2O7Si. The molecule has 9 nitrogen and oxygen atoms in total. The minimum absolute atomic E-state index is 0.0195. The lowest BCUT2D eigenvalue weighted by molar-refractivity contribution is -0.0978. The van der Waals surface area contributed by atoms with Crippen LogP contribution in [0.3, 0.4) is 0 Å². The van der Waals surface area contributed by atoms with Crippen molar-refractivity contribution < 1.29 is 23.4 Å². The minimum Gasteiger partial charge on any atom is -0.497 e. The fraction of sp³-hybridized carbons (Fsp3) is 0.405. The Morgan fingerprint density at radius 3 is 1.89 bits per heavy atom. The predicted octanol–water partition coefficient (Wildman–Crippen LogP) is 6.55. The van der Waals surface area contributed by atoms with Gasteiger partial charge in [0, 0.05) is 18.2 Å². The average molecular weight is 659 g/mol. The van der Waals surface area contributed by atoms with Crippen molar-refractivity contribution >= 4 is 8.32 Å². The molecule has 1 fully saturated rings. The van der Waals surface area contributed by atoms with Gasteiger partial charge in [0.1, 0.15) is 29.4 Å². The number of methoxy groups -OCH3 is 2. The number of aromatic nitrogens is 2. The molecule has 0 radical (unpaired) electrons. The van der Waals surface area contributed by atoms with Crippen LogP contribution in [0.2, 0.25) is 18.1 Å². The Morgan fingerprint density at radius 1 is 0.851 bits per heavy atom. The number of nitrogens with zero attached hydrogens (tertiary/aromatic N) is 1. The van der Waals surface area contributed by atoms with E-state index < -0.39 is 43.6 Å². The summed E-state index contributed by atoms with van der Waals surface area (Å²) in [5, 5.41) is -0.0195. The van der Waals surface area contributed by atoms with Crippen LogP contribution in [0, 0.1) is 6.92 Å². The van der Waals surface area contributed by atoms with Gasteiger partial charge in [-0.15, -0.1) is 0 Å². The first-order valence-electron chi connectivity index (χ1n) is 15.9. The Labute approximate surface area is 277 Å². The molecule has 0 bridgehead atoms. The highest BCUT2D eigenvalue weighted by Gasteiger charge is 2.47. The largest absolute Gasteiger partial charge is 0.497 e. The molecule has 3 atom stereocenters. The van der Waals surface area contributed by atoms with Gasteiger partial charge in [0.25, 0.3) is 5.56 Å². The fourth-order valence-electron chi connectivity index (χ4n) is 5.71. The Kier molecular flexibility index (Phi) is 9.98. The Hall–Kier alpha value is -3.96. The summed E-state index contributed by atoms with van der Waals surface area (Å²) < 4.78 is 33.3. The Bertz CT molecular complexity index is 1710. The van der Waals surface area contributed by atoms with Crippen molar-refractivity contribution in [1.82, 2.24) is 9.55 Å². The van der Waals surface area contributed by atoms with Crippen LogP contribution in [0.25, 0.3) is 0 Å². The van der Waals surface area contributed by atoms with Crippen molar-refractivity contribution in [2.45, 2.75) is 76.3 Å². The summed E-state index contributed by atoms with van der Waals surface area (Å²) in [6.07, 6.45) is 0.173. The maximum Gasteiger partial charge on any atom is 0.330 e. The third kappa shape index (κ3) is 7.01. The van der Waals surface area contributed by atoms with E-state index in [9.17, 15) is 9.59 Å². The van der Waals surface area contributed by atoms with Gasteiger partial charge >= 0.3 is 5.69 Å². The smallest absolute Gasteiger partial charge is 0.330 e. The normalized spacial score (nSPS) is 18.7. The number of nitrogens with one attached hydrogen (secondary N) is 1. The summed E-state index contributed by atoms with van der Waals surface area (Å²) in [6, 6.07) is 25.8. The fourth-order valence-corrected chi connectivity index (χ4v) is 6.72. The number of aromatic amines is 1. The number of H-pyrrole nitrogens is 1. The highest BCUT2D eigenvalue weighted by Crippen LogP contribution is 2.46. The first-order chi connectivity index (χ1) is 22.3. The second kappa shape index (κ2) is 13.6. The molecule has 10 heteroatoms. The molecule has 250 valence electrons.